The van der Waals surface area contributed by atoms with Gasteiger partial charge in [-0.2, -0.15) is 0 Å². The fourth-order valence-electron chi connectivity index (χ4n) is 2.06. The third-order valence-corrected chi connectivity index (χ3v) is 3.42. The van der Waals surface area contributed by atoms with E-state index >= 15 is 0 Å². The summed E-state index contributed by atoms with van der Waals surface area (Å²) in [6, 6.07) is 0.296. The van der Waals surface area contributed by atoms with Crippen LogP contribution < -0.4 is 5.73 Å². The summed E-state index contributed by atoms with van der Waals surface area (Å²) in [4.78, 5) is 16.3. The lowest BCUT2D eigenvalue weighted by Gasteiger charge is -2.38. The Morgan fingerprint density at radius 1 is 1.44 bits per heavy atom. The summed E-state index contributed by atoms with van der Waals surface area (Å²) in [6.45, 7) is 8.99. The first kappa shape index (κ1) is 13.5. The van der Waals surface area contributed by atoms with Crippen molar-refractivity contribution in [2.24, 2.45) is 11.7 Å². The first-order valence-electron chi connectivity index (χ1n) is 6.15. The molecule has 1 saturated heterocycles. The standard InChI is InChI=1S/C12H25N3O/c1-9(2)11(13)7-12(16)15-6-5-14(4)8-10(15)3/h9-11H,5-8,13H2,1-4H3. The Balaban J connectivity index is 2.48. The van der Waals surface area contributed by atoms with E-state index in [9.17, 15) is 4.79 Å². The Hall–Kier alpha value is -0.610. The summed E-state index contributed by atoms with van der Waals surface area (Å²) < 4.78 is 0. The van der Waals surface area contributed by atoms with Crippen LogP contribution in [0.4, 0.5) is 0 Å². The largest absolute Gasteiger partial charge is 0.337 e. The van der Waals surface area contributed by atoms with Crippen molar-refractivity contribution in [2.45, 2.75) is 39.3 Å². The second-order valence-corrected chi connectivity index (χ2v) is 5.31. The molecule has 0 aliphatic carbocycles. The van der Waals surface area contributed by atoms with Gasteiger partial charge < -0.3 is 15.5 Å². The number of carbonyl (C=O) groups excluding carboxylic acids is 1. The Morgan fingerprint density at radius 2 is 2.06 bits per heavy atom. The smallest absolute Gasteiger partial charge is 0.224 e. The molecule has 16 heavy (non-hydrogen) atoms. The van der Waals surface area contributed by atoms with Gasteiger partial charge >= 0.3 is 0 Å². The molecule has 0 saturated carbocycles. The van der Waals surface area contributed by atoms with E-state index in [1.807, 2.05) is 4.90 Å². The van der Waals surface area contributed by atoms with E-state index in [1.165, 1.54) is 0 Å². The van der Waals surface area contributed by atoms with Crippen LogP contribution in [0.15, 0.2) is 0 Å². The molecule has 2 unspecified atom stereocenters. The van der Waals surface area contributed by atoms with Gasteiger partial charge in [0, 0.05) is 38.1 Å². The summed E-state index contributed by atoms with van der Waals surface area (Å²) in [5.74, 6) is 0.577. The Bertz CT molecular complexity index is 242. The van der Waals surface area contributed by atoms with Crippen molar-refractivity contribution >= 4 is 5.91 Å². The first-order chi connectivity index (χ1) is 7.41. The minimum atomic E-state index is -0.0145. The van der Waals surface area contributed by atoms with E-state index in [0.29, 0.717) is 18.4 Å². The third-order valence-electron chi connectivity index (χ3n) is 3.42. The highest BCUT2D eigenvalue weighted by molar-refractivity contribution is 5.77. The predicted molar refractivity (Wildman–Crippen MR) is 66.1 cm³/mol. The summed E-state index contributed by atoms with van der Waals surface area (Å²) in [6.07, 6.45) is 0.478. The lowest BCUT2D eigenvalue weighted by Crippen LogP contribution is -2.53. The molecule has 1 aliphatic heterocycles. The molecule has 1 amide bonds. The number of hydrogen-bond acceptors (Lipinski definition) is 3. The Kier molecular flexibility index (Phi) is 4.74. The van der Waals surface area contributed by atoms with Crippen LogP contribution in [-0.2, 0) is 4.79 Å². The zero-order chi connectivity index (χ0) is 12.3. The average molecular weight is 227 g/mol. The molecular weight excluding hydrogens is 202 g/mol. The lowest BCUT2D eigenvalue weighted by atomic mass is 10.0. The van der Waals surface area contributed by atoms with Gasteiger partial charge in [0.15, 0.2) is 0 Å². The zero-order valence-electron chi connectivity index (χ0n) is 10.9. The van der Waals surface area contributed by atoms with E-state index in [1.54, 1.807) is 0 Å². The maximum absolute atomic E-state index is 12.1. The Labute approximate surface area is 98.8 Å². The molecule has 1 heterocycles. The van der Waals surface area contributed by atoms with Crippen molar-refractivity contribution in [3.63, 3.8) is 0 Å². The second kappa shape index (κ2) is 5.64. The second-order valence-electron chi connectivity index (χ2n) is 5.31. The summed E-state index contributed by atoms with van der Waals surface area (Å²) in [5, 5.41) is 0. The summed E-state index contributed by atoms with van der Waals surface area (Å²) >= 11 is 0. The van der Waals surface area contributed by atoms with E-state index in [4.69, 9.17) is 5.73 Å². The molecule has 2 N–H and O–H groups in total. The van der Waals surface area contributed by atoms with Crippen molar-refractivity contribution in [3.8, 4) is 0 Å². The van der Waals surface area contributed by atoms with Gasteiger partial charge in [-0.25, -0.2) is 0 Å². The number of carbonyl (C=O) groups is 1. The molecule has 2 atom stereocenters. The van der Waals surface area contributed by atoms with Gasteiger partial charge in [-0.15, -0.1) is 0 Å². The van der Waals surface area contributed by atoms with Crippen molar-refractivity contribution in [1.29, 1.82) is 0 Å². The molecule has 0 aromatic heterocycles. The topological polar surface area (TPSA) is 49.6 Å². The summed E-state index contributed by atoms with van der Waals surface area (Å²) in [5.41, 5.74) is 5.94. The van der Waals surface area contributed by atoms with Crippen LogP contribution in [-0.4, -0.2) is 54.5 Å². The number of nitrogens with zero attached hydrogens (tertiary/aromatic N) is 2. The van der Waals surface area contributed by atoms with Gasteiger partial charge in [-0.1, -0.05) is 13.8 Å². The molecule has 0 aromatic rings. The van der Waals surface area contributed by atoms with Crippen LogP contribution >= 0.6 is 0 Å². The molecular formula is C12H25N3O. The van der Waals surface area contributed by atoms with Crippen LogP contribution in [0, 0.1) is 5.92 Å². The van der Waals surface area contributed by atoms with E-state index in [0.717, 1.165) is 19.6 Å². The molecule has 4 heteroatoms. The van der Waals surface area contributed by atoms with Gasteiger partial charge in [0.2, 0.25) is 5.91 Å². The highest BCUT2D eigenvalue weighted by atomic mass is 16.2. The van der Waals surface area contributed by atoms with Gasteiger partial charge in [0.25, 0.3) is 0 Å². The minimum absolute atomic E-state index is 0.0145. The molecule has 94 valence electrons. The number of rotatable bonds is 3. The van der Waals surface area contributed by atoms with E-state index in [2.05, 4.69) is 32.7 Å². The quantitative estimate of drug-likeness (QED) is 0.765. The van der Waals surface area contributed by atoms with E-state index < -0.39 is 0 Å². The fourth-order valence-corrected chi connectivity index (χ4v) is 2.06. The molecule has 0 aromatic carbocycles. The summed E-state index contributed by atoms with van der Waals surface area (Å²) in [7, 11) is 2.10. The minimum Gasteiger partial charge on any atom is -0.337 e. The average Bonchev–Trinajstić information content (AvgIpc) is 2.16. The van der Waals surface area contributed by atoms with Crippen molar-refractivity contribution in [2.75, 3.05) is 26.7 Å². The van der Waals surface area contributed by atoms with Crippen molar-refractivity contribution in [1.82, 2.24) is 9.80 Å². The zero-order valence-corrected chi connectivity index (χ0v) is 10.9. The monoisotopic (exact) mass is 227 g/mol. The van der Waals surface area contributed by atoms with E-state index in [-0.39, 0.29) is 11.9 Å². The molecule has 1 aliphatic rings. The number of piperazine rings is 1. The SMILES string of the molecule is CC(C)C(N)CC(=O)N1CCN(C)CC1C. The van der Waals surface area contributed by atoms with Crippen LogP contribution in [0.2, 0.25) is 0 Å². The Morgan fingerprint density at radius 3 is 2.56 bits per heavy atom. The van der Waals surface area contributed by atoms with Crippen LogP contribution in [0.1, 0.15) is 27.2 Å². The van der Waals surface area contributed by atoms with Crippen LogP contribution in [0.5, 0.6) is 0 Å². The number of amides is 1. The molecule has 1 rings (SSSR count). The molecule has 0 bridgehead atoms. The number of nitrogens with two attached hydrogens (primary N) is 1. The van der Waals surface area contributed by atoms with Gasteiger partial charge in [-0.05, 0) is 19.9 Å². The maximum atomic E-state index is 12.1. The predicted octanol–water partition coefficient (Wildman–Crippen LogP) is 0.522. The van der Waals surface area contributed by atoms with Crippen LogP contribution in [0.25, 0.3) is 0 Å². The van der Waals surface area contributed by atoms with Crippen LogP contribution in [0.3, 0.4) is 0 Å². The maximum Gasteiger partial charge on any atom is 0.224 e. The number of hydrogen-bond donors (Lipinski definition) is 1. The highest BCUT2D eigenvalue weighted by Crippen LogP contribution is 2.12. The molecule has 4 nitrogen and oxygen atoms in total. The highest BCUT2D eigenvalue weighted by Gasteiger charge is 2.26. The molecule has 0 spiro atoms. The van der Waals surface area contributed by atoms with Gasteiger partial charge in [-0.3, -0.25) is 4.79 Å². The van der Waals surface area contributed by atoms with Gasteiger partial charge in [0.1, 0.15) is 0 Å². The third kappa shape index (κ3) is 3.46. The number of likely N-dealkylation sites (N-methyl/N-ethyl adjacent to an activating group) is 1. The van der Waals surface area contributed by atoms with Crippen molar-refractivity contribution in [3.05, 3.63) is 0 Å². The lowest BCUT2D eigenvalue weighted by molar-refractivity contribution is -0.136. The first-order valence-corrected chi connectivity index (χ1v) is 6.15. The molecule has 1 fully saturated rings. The van der Waals surface area contributed by atoms with Gasteiger partial charge in [0.05, 0.1) is 0 Å². The fraction of sp³-hybridized carbons (Fsp3) is 0.917. The van der Waals surface area contributed by atoms with Crippen molar-refractivity contribution < 1.29 is 4.79 Å². The molecule has 0 radical (unpaired) electrons. The normalized spacial score (nSPS) is 24.9.